The molecule has 0 unspecified atom stereocenters. The molecule has 2 aromatic rings. The van der Waals surface area contributed by atoms with Crippen molar-refractivity contribution in [1.82, 2.24) is 0 Å². The Morgan fingerprint density at radius 1 is 1.13 bits per heavy atom. The number of nitrogens with one attached hydrogen (secondary N) is 1. The summed E-state index contributed by atoms with van der Waals surface area (Å²) in [6.07, 6.45) is -0.0590. The van der Waals surface area contributed by atoms with Crippen LogP contribution in [0.15, 0.2) is 23.1 Å². The maximum atomic E-state index is 13.8. The smallest absolute Gasteiger partial charge is 0.312 e. The van der Waals surface area contributed by atoms with Crippen LogP contribution in [0.5, 0.6) is 5.75 Å². The van der Waals surface area contributed by atoms with E-state index >= 15 is 0 Å². The zero-order chi connectivity index (χ0) is 22.8. The average Bonchev–Trinajstić information content (AvgIpc) is 2.70. The molecule has 0 saturated carbocycles. The standard InChI is InChI=1S/C16H8F5N3O5S/c1-29-11-3-2-7(4-10(11)24(25)26)23-30(27,28)8(6-22)5-9-12(17)14(19)16(21)15(20)13(9)18/h2-5,23H,1H3/b8-5-. The van der Waals surface area contributed by atoms with Gasteiger partial charge in [0.25, 0.3) is 10.0 Å². The summed E-state index contributed by atoms with van der Waals surface area (Å²) in [6, 6.07) is 3.82. The van der Waals surface area contributed by atoms with Gasteiger partial charge in [0.1, 0.15) is 6.07 Å². The Hall–Kier alpha value is -3.73. The van der Waals surface area contributed by atoms with Gasteiger partial charge in [-0.05, 0) is 18.2 Å². The van der Waals surface area contributed by atoms with Crippen LogP contribution < -0.4 is 9.46 Å². The second-order valence-electron chi connectivity index (χ2n) is 5.35. The number of allylic oxidation sites excluding steroid dienone is 1. The lowest BCUT2D eigenvalue weighted by molar-refractivity contribution is -0.385. The number of halogens is 5. The van der Waals surface area contributed by atoms with Gasteiger partial charge in [-0.1, -0.05) is 0 Å². The second-order valence-corrected chi connectivity index (χ2v) is 7.00. The Morgan fingerprint density at radius 3 is 2.13 bits per heavy atom. The summed E-state index contributed by atoms with van der Waals surface area (Å²) in [4.78, 5) is 8.67. The molecule has 0 fully saturated rings. The molecule has 0 spiro atoms. The van der Waals surface area contributed by atoms with E-state index in [2.05, 4.69) is 0 Å². The summed E-state index contributed by atoms with van der Waals surface area (Å²) in [5, 5.41) is 20.0. The van der Waals surface area contributed by atoms with Crippen LogP contribution in [-0.2, 0) is 10.0 Å². The van der Waals surface area contributed by atoms with Crippen LogP contribution in [0.2, 0.25) is 0 Å². The van der Waals surface area contributed by atoms with Crippen LogP contribution >= 0.6 is 0 Å². The van der Waals surface area contributed by atoms with Gasteiger partial charge < -0.3 is 4.74 Å². The highest BCUT2D eigenvalue weighted by Gasteiger charge is 2.27. The summed E-state index contributed by atoms with van der Waals surface area (Å²) < 4.78 is 98.3. The van der Waals surface area contributed by atoms with Crippen LogP contribution in [0, 0.1) is 50.5 Å². The SMILES string of the molecule is COc1ccc(NS(=O)(=O)/C(C#N)=C\c2c(F)c(F)c(F)c(F)c2F)cc1[N+](=O)[O-]. The van der Waals surface area contributed by atoms with Gasteiger partial charge in [0, 0.05) is 6.07 Å². The molecule has 1 N–H and O–H groups in total. The van der Waals surface area contributed by atoms with Gasteiger partial charge in [-0.3, -0.25) is 14.8 Å². The number of benzene rings is 2. The first kappa shape index (κ1) is 22.6. The van der Waals surface area contributed by atoms with Gasteiger partial charge in [-0.25, -0.2) is 30.4 Å². The zero-order valence-electron chi connectivity index (χ0n) is 14.5. The molecule has 0 aliphatic carbocycles. The lowest BCUT2D eigenvalue weighted by atomic mass is 10.1. The Labute approximate surface area is 165 Å². The van der Waals surface area contributed by atoms with E-state index in [1.165, 1.54) is 0 Å². The largest absolute Gasteiger partial charge is 0.490 e. The first-order chi connectivity index (χ1) is 13.9. The molecule has 158 valence electrons. The predicted octanol–water partition coefficient (Wildman–Crippen LogP) is 3.61. The van der Waals surface area contributed by atoms with Gasteiger partial charge in [0.2, 0.25) is 5.82 Å². The van der Waals surface area contributed by atoms with Crippen LogP contribution in [0.25, 0.3) is 6.08 Å². The molecule has 2 rings (SSSR count). The molecule has 0 aromatic heterocycles. The van der Waals surface area contributed by atoms with Crippen LogP contribution in [0.3, 0.4) is 0 Å². The van der Waals surface area contributed by atoms with E-state index in [0.717, 1.165) is 31.4 Å². The number of hydrogen-bond acceptors (Lipinski definition) is 6. The molecule has 14 heteroatoms. The summed E-state index contributed by atoms with van der Waals surface area (Å²) in [5.41, 5.74) is -2.75. The third-order valence-corrected chi connectivity index (χ3v) is 4.84. The number of sulfonamides is 1. The fourth-order valence-electron chi connectivity index (χ4n) is 2.16. The normalized spacial score (nSPS) is 11.7. The van der Waals surface area contributed by atoms with E-state index in [9.17, 15) is 40.5 Å². The Kier molecular flexibility index (Phi) is 6.26. The number of nitrogens with zero attached hydrogens (tertiary/aromatic N) is 2. The van der Waals surface area contributed by atoms with Gasteiger partial charge in [-0.2, -0.15) is 5.26 Å². The van der Waals surface area contributed by atoms with Crippen LogP contribution in [0.4, 0.5) is 33.3 Å². The number of methoxy groups -OCH3 is 1. The number of hydrogen-bond donors (Lipinski definition) is 1. The van der Waals surface area contributed by atoms with E-state index < -0.39 is 65.9 Å². The van der Waals surface area contributed by atoms with Crippen molar-refractivity contribution in [1.29, 1.82) is 5.26 Å². The summed E-state index contributed by atoms with van der Waals surface area (Å²) in [7, 11) is -3.82. The Morgan fingerprint density at radius 2 is 1.67 bits per heavy atom. The Bertz CT molecular complexity index is 1200. The van der Waals surface area contributed by atoms with Crippen LogP contribution in [-0.4, -0.2) is 20.5 Å². The number of ether oxygens (including phenoxy) is 1. The molecular formula is C16H8F5N3O5S. The van der Waals surface area contributed by atoms with E-state index in [4.69, 9.17) is 10.00 Å². The van der Waals surface area contributed by atoms with Gasteiger partial charge >= 0.3 is 5.69 Å². The quantitative estimate of drug-likeness (QED) is 0.180. The highest BCUT2D eigenvalue weighted by Crippen LogP contribution is 2.31. The fraction of sp³-hybridized carbons (Fsp3) is 0.0625. The van der Waals surface area contributed by atoms with Crippen molar-refractivity contribution in [3.63, 3.8) is 0 Å². The topological polar surface area (TPSA) is 122 Å². The monoisotopic (exact) mass is 449 g/mol. The maximum Gasteiger partial charge on any atom is 0.312 e. The van der Waals surface area contributed by atoms with Crippen molar-refractivity contribution in [2.75, 3.05) is 11.8 Å². The third-order valence-electron chi connectivity index (χ3n) is 3.55. The van der Waals surface area contributed by atoms with E-state index in [1.807, 2.05) is 0 Å². The molecule has 0 bridgehead atoms. The van der Waals surface area contributed by atoms with Crippen molar-refractivity contribution in [3.8, 4) is 11.8 Å². The second kappa shape index (κ2) is 8.33. The first-order valence-corrected chi connectivity index (χ1v) is 8.91. The number of nitro groups is 1. The number of anilines is 1. The molecule has 0 heterocycles. The number of nitro benzene ring substituents is 1. The number of nitriles is 1. The minimum Gasteiger partial charge on any atom is -0.490 e. The van der Waals surface area contributed by atoms with Crippen molar-refractivity contribution in [3.05, 3.63) is 67.9 Å². The van der Waals surface area contributed by atoms with Crippen molar-refractivity contribution < 1.29 is 40.0 Å². The lowest BCUT2D eigenvalue weighted by Crippen LogP contribution is -2.15. The molecule has 2 aromatic carbocycles. The molecule has 8 nitrogen and oxygen atoms in total. The van der Waals surface area contributed by atoms with E-state index in [0.29, 0.717) is 0 Å². The molecule has 0 aliphatic rings. The molecule has 0 aliphatic heterocycles. The number of rotatable bonds is 6. The minimum absolute atomic E-state index is 0.0590. The maximum absolute atomic E-state index is 13.8. The van der Waals surface area contributed by atoms with Crippen molar-refractivity contribution >= 4 is 27.5 Å². The summed E-state index contributed by atoms with van der Waals surface area (Å²) in [6.45, 7) is 0. The summed E-state index contributed by atoms with van der Waals surface area (Å²) in [5.74, 6) is -12.1. The molecule has 0 saturated heterocycles. The molecule has 0 amide bonds. The van der Waals surface area contributed by atoms with E-state index in [-0.39, 0.29) is 11.8 Å². The summed E-state index contributed by atoms with van der Waals surface area (Å²) >= 11 is 0. The lowest BCUT2D eigenvalue weighted by Gasteiger charge is -2.09. The molecular weight excluding hydrogens is 441 g/mol. The highest BCUT2D eigenvalue weighted by molar-refractivity contribution is 7.96. The van der Waals surface area contributed by atoms with Crippen molar-refractivity contribution in [2.24, 2.45) is 0 Å². The fourth-order valence-corrected chi connectivity index (χ4v) is 3.10. The highest BCUT2D eigenvalue weighted by atomic mass is 32.2. The van der Waals surface area contributed by atoms with Crippen LogP contribution in [0.1, 0.15) is 5.56 Å². The van der Waals surface area contributed by atoms with Crippen molar-refractivity contribution in [2.45, 2.75) is 0 Å². The molecule has 0 atom stereocenters. The molecule has 0 radical (unpaired) electrons. The predicted molar refractivity (Wildman–Crippen MR) is 92.0 cm³/mol. The zero-order valence-corrected chi connectivity index (χ0v) is 15.4. The minimum atomic E-state index is -4.94. The Balaban J connectivity index is 2.56. The third kappa shape index (κ3) is 4.15. The average molecular weight is 449 g/mol. The van der Waals surface area contributed by atoms with Gasteiger partial charge in [0.15, 0.2) is 33.9 Å². The van der Waals surface area contributed by atoms with Gasteiger partial charge in [0.05, 0.1) is 23.3 Å². The van der Waals surface area contributed by atoms with E-state index in [1.54, 1.807) is 4.72 Å². The van der Waals surface area contributed by atoms with Gasteiger partial charge in [-0.15, -0.1) is 0 Å². The first-order valence-electron chi connectivity index (χ1n) is 7.43. The molecule has 30 heavy (non-hydrogen) atoms.